The van der Waals surface area contributed by atoms with Crippen LogP contribution < -0.4 is 9.64 Å². The van der Waals surface area contributed by atoms with Crippen molar-refractivity contribution in [1.82, 2.24) is 19.1 Å². The molecular formula is C37H22N5OPt-3. The normalized spacial score (nSPS) is 13.3. The third-order valence-electron chi connectivity index (χ3n) is 7.62. The average molecular weight is 752 g/mol. The number of fused-ring (bicyclic) bond motifs is 8. The smallest absolute Gasteiger partial charge is 0.135 e. The molecule has 7 heteroatoms. The molecule has 9 rings (SSSR count). The monoisotopic (exact) mass is 751 g/mol. The fourth-order valence-corrected chi connectivity index (χ4v) is 5.75. The summed E-state index contributed by atoms with van der Waals surface area (Å²) in [6.07, 6.45) is 1.64. The first-order valence-corrected chi connectivity index (χ1v) is 13.8. The van der Waals surface area contributed by atoms with Gasteiger partial charge in [0.15, 0.2) is 0 Å². The van der Waals surface area contributed by atoms with Crippen LogP contribution in [0.15, 0.2) is 127 Å². The van der Waals surface area contributed by atoms with E-state index in [1.54, 1.807) is 35.0 Å². The zero-order chi connectivity index (χ0) is 31.8. The Balaban J connectivity index is 0.00000336. The quantitative estimate of drug-likeness (QED) is 0.169. The van der Waals surface area contributed by atoms with Crippen molar-refractivity contribution >= 4 is 44.2 Å². The molecule has 0 fully saturated rings. The van der Waals surface area contributed by atoms with Gasteiger partial charge in [-0.2, -0.15) is 12.1 Å². The molecule has 4 heterocycles. The van der Waals surface area contributed by atoms with Crippen molar-refractivity contribution in [3.63, 3.8) is 0 Å². The van der Waals surface area contributed by atoms with E-state index in [4.69, 9.17) is 15.2 Å². The number of rotatable bonds is 4. The minimum absolute atomic E-state index is 0. The minimum atomic E-state index is -0.308. The maximum absolute atomic E-state index is 8.73. The molecular weight excluding hydrogens is 726 g/mol. The molecule has 0 unspecified atom stereocenters. The predicted molar refractivity (Wildman–Crippen MR) is 170 cm³/mol. The Kier molecular flexibility index (Phi) is 5.28. The van der Waals surface area contributed by atoms with Crippen LogP contribution in [-0.2, 0) is 21.1 Å². The van der Waals surface area contributed by atoms with Gasteiger partial charge in [0, 0.05) is 61.3 Å². The topological polar surface area (TPSA) is 48.1 Å². The molecule has 44 heavy (non-hydrogen) atoms. The standard InChI is InChI=1S/C37H22N5O.Pt/c1-5-16-33-28(12-1)29-20-19-27(23-35(29)42(33)36-18-7-8-21-38-36)43-26-11-9-10-25(22-26)40-24-41-34-17-6-3-14-31(34)39-37(41)30-13-2-4-15-32(30)40;/h1-21,24H;/q-3;/i1D,5D,12D,16D;. The summed E-state index contributed by atoms with van der Waals surface area (Å²) in [6, 6.07) is 36.7. The van der Waals surface area contributed by atoms with E-state index in [1.165, 1.54) is 0 Å². The van der Waals surface area contributed by atoms with E-state index in [0.717, 1.165) is 33.8 Å². The molecule has 3 aromatic heterocycles. The molecule has 0 amide bonds. The van der Waals surface area contributed by atoms with Crippen LogP contribution in [0.3, 0.4) is 0 Å². The van der Waals surface area contributed by atoms with Crippen LogP contribution in [0.2, 0.25) is 0 Å². The van der Waals surface area contributed by atoms with Crippen molar-refractivity contribution in [2.24, 2.45) is 0 Å². The predicted octanol–water partition coefficient (Wildman–Crippen LogP) is 8.70. The molecule has 8 aromatic rings. The van der Waals surface area contributed by atoms with Gasteiger partial charge < -0.3 is 23.8 Å². The Morgan fingerprint density at radius 3 is 2.52 bits per heavy atom. The number of aromatic nitrogens is 4. The van der Waals surface area contributed by atoms with E-state index in [1.807, 2.05) is 61.3 Å². The molecule has 0 N–H and O–H groups in total. The van der Waals surface area contributed by atoms with Crippen molar-refractivity contribution in [2.75, 3.05) is 4.90 Å². The number of anilines is 2. The van der Waals surface area contributed by atoms with Gasteiger partial charge in [-0.15, -0.1) is 35.7 Å². The van der Waals surface area contributed by atoms with Crippen molar-refractivity contribution < 1.29 is 31.3 Å². The summed E-state index contributed by atoms with van der Waals surface area (Å²) >= 11 is 0. The van der Waals surface area contributed by atoms with E-state index in [2.05, 4.69) is 44.8 Å². The molecule has 6 nitrogen and oxygen atoms in total. The molecule has 0 saturated carbocycles. The van der Waals surface area contributed by atoms with Gasteiger partial charge in [0.2, 0.25) is 0 Å². The van der Waals surface area contributed by atoms with Crippen LogP contribution >= 0.6 is 0 Å². The van der Waals surface area contributed by atoms with Gasteiger partial charge in [-0.3, -0.25) is 0 Å². The summed E-state index contributed by atoms with van der Waals surface area (Å²) in [6.45, 7) is 2.02. The molecule has 1 aliphatic rings. The maximum atomic E-state index is 8.73. The third-order valence-corrected chi connectivity index (χ3v) is 7.62. The molecule has 0 saturated heterocycles. The number of para-hydroxylation sites is 4. The Labute approximate surface area is 273 Å². The second-order valence-electron chi connectivity index (χ2n) is 10.1. The zero-order valence-electron chi connectivity index (χ0n) is 26.9. The summed E-state index contributed by atoms with van der Waals surface area (Å²) < 4.78 is 44.2. The number of ether oxygens (including phenoxy) is 1. The van der Waals surface area contributed by atoms with Gasteiger partial charge in [-0.05, 0) is 53.4 Å². The molecule has 1 aliphatic heterocycles. The number of benzene rings is 5. The SMILES string of the molecule is [2H]c1c([2H])c([2H])c2c(c1[2H])c1ccc(Oc3[c-]c(N4[CH-]n5c(nc6ccccc65)-c5ccccc54)ccc3)[c-]c1n2-c1ccccn1.[Pt]. The van der Waals surface area contributed by atoms with Crippen LogP contribution in [0.4, 0.5) is 11.4 Å². The van der Waals surface area contributed by atoms with Gasteiger partial charge in [-0.25, -0.2) is 4.98 Å². The zero-order valence-corrected chi connectivity index (χ0v) is 25.1. The van der Waals surface area contributed by atoms with Gasteiger partial charge in [0.05, 0.1) is 5.48 Å². The van der Waals surface area contributed by atoms with E-state index in [0.29, 0.717) is 39.1 Å². The van der Waals surface area contributed by atoms with Crippen molar-refractivity contribution in [1.29, 1.82) is 0 Å². The Hall–Kier alpha value is -5.32. The average Bonchev–Trinajstić information content (AvgIpc) is 3.66. The molecule has 214 valence electrons. The number of hydrogen-bond donors (Lipinski definition) is 0. The van der Waals surface area contributed by atoms with Gasteiger partial charge in [0.1, 0.15) is 5.82 Å². The van der Waals surface area contributed by atoms with E-state index < -0.39 is 0 Å². The summed E-state index contributed by atoms with van der Waals surface area (Å²) in [4.78, 5) is 11.5. The van der Waals surface area contributed by atoms with Crippen LogP contribution in [0.5, 0.6) is 11.5 Å². The van der Waals surface area contributed by atoms with E-state index in [-0.39, 0.29) is 45.2 Å². The van der Waals surface area contributed by atoms with Gasteiger partial charge in [0.25, 0.3) is 0 Å². The Morgan fingerprint density at radius 1 is 0.750 bits per heavy atom. The first kappa shape index (κ1) is 22.2. The number of hydrogen-bond acceptors (Lipinski definition) is 4. The van der Waals surface area contributed by atoms with Crippen LogP contribution in [-0.4, -0.2) is 19.1 Å². The van der Waals surface area contributed by atoms with Crippen molar-refractivity contribution in [3.05, 3.63) is 146 Å². The second-order valence-corrected chi connectivity index (χ2v) is 10.1. The first-order chi connectivity index (χ1) is 23.0. The summed E-state index contributed by atoms with van der Waals surface area (Å²) in [7, 11) is 0. The largest absolute Gasteiger partial charge is 0.509 e. The fraction of sp³-hybridized carbons (Fsp3) is 0. The summed E-state index contributed by atoms with van der Waals surface area (Å²) in [5.74, 6) is 2.24. The van der Waals surface area contributed by atoms with Crippen molar-refractivity contribution in [3.8, 4) is 28.7 Å². The first-order valence-electron chi connectivity index (χ1n) is 15.8. The van der Waals surface area contributed by atoms with Gasteiger partial charge >= 0.3 is 0 Å². The molecule has 0 radical (unpaired) electrons. The van der Waals surface area contributed by atoms with Crippen LogP contribution in [0.25, 0.3) is 50.0 Å². The van der Waals surface area contributed by atoms with E-state index >= 15 is 0 Å². The van der Waals surface area contributed by atoms with Crippen LogP contribution in [0, 0.1) is 18.8 Å². The summed E-state index contributed by atoms with van der Waals surface area (Å²) in [5, 5.41) is 1.02. The molecule has 0 atom stereocenters. The number of nitrogens with zero attached hydrogens (tertiary/aromatic N) is 5. The third kappa shape index (κ3) is 4.10. The minimum Gasteiger partial charge on any atom is -0.509 e. The van der Waals surface area contributed by atoms with Crippen LogP contribution in [0.1, 0.15) is 5.48 Å². The fourth-order valence-electron chi connectivity index (χ4n) is 5.75. The molecule has 0 bridgehead atoms. The molecule has 0 spiro atoms. The van der Waals surface area contributed by atoms with E-state index in [9.17, 15) is 0 Å². The Morgan fingerprint density at radius 2 is 1.59 bits per heavy atom. The second kappa shape index (κ2) is 10.4. The molecule has 5 aromatic carbocycles. The van der Waals surface area contributed by atoms with Gasteiger partial charge in [-0.1, -0.05) is 71.8 Å². The summed E-state index contributed by atoms with van der Waals surface area (Å²) in [5.41, 5.74) is 5.51. The van der Waals surface area contributed by atoms with Crippen molar-refractivity contribution in [2.45, 2.75) is 0 Å². The maximum Gasteiger partial charge on any atom is 0.135 e. The number of imidazole rings is 1. The Bertz CT molecular complexity index is 2550. The molecule has 0 aliphatic carbocycles. The number of pyridine rings is 1.